The third-order valence-electron chi connectivity index (χ3n) is 6.18. The summed E-state index contributed by atoms with van der Waals surface area (Å²) < 4.78 is 27.1. The van der Waals surface area contributed by atoms with Crippen LogP contribution in [-0.4, -0.2) is 80.0 Å². The maximum Gasteiger partial charge on any atom is 0.261 e. The second-order valence-corrected chi connectivity index (χ2v) is 10.5. The minimum Gasteiger partial charge on any atom is -0.352 e. The molecule has 0 atom stereocenters. The van der Waals surface area contributed by atoms with Gasteiger partial charge in [0.2, 0.25) is 15.9 Å². The lowest BCUT2D eigenvalue weighted by Gasteiger charge is -2.31. The second kappa shape index (κ2) is 10.0. The smallest absolute Gasteiger partial charge is 0.261 e. The van der Waals surface area contributed by atoms with E-state index in [0.717, 1.165) is 5.56 Å². The lowest BCUT2D eigenvalue weighted by atomic mass is 10.1. The van der Waals surface area contributed by atoms with Crippen molar-refractivity contribution in [2.24, 2.45) is 0 Å². The minimum absolute atomic E-state index is 0.170. The standard InChI is InChI=1S/C24H28N4O5S/c1-26-13-15-27(16-14-26)34(32,33)19-10-8-18(9-11-19)17-25-22(29)7-4-12-28-23(30)20-5-2-3-6-21(20)24(28)31/h2-3,5-6,8-11H,4,7,12-17H2,1H3,(H,25,29). The van der Waals surface area contributed by atoms with Gasteiger partial charge in [0.25, 0.3) is 11.8 Å². The number of sulfonamides is 1. The van der Waals surface area contributed by atoms with Gasteiger partial charge in [-0.05, 0) is 43.3 Å². The Morgan fingerprint density at radius 1 is 0.912 bits per heavy atom. The topological polar surface area (TPSA) is 107 Å². The number of carbonyl (C=O) groups excluding carboxylic acids is 3. The Morgan fingerprint density at radius 2 is 1.50 bits per heavy atom. The van der Waals surface area contributed by atoms with Gasteiger partial charge in [0, 0.05) is 45.7 Å². The number of carbonyl (C=O) groups is 3. The van der Waals surface area contributed by atoms with Crippen LogP contribution in [0.3, 0.4) is 0 Å². The van der Waals surface area contributed by atoms with Crippen molar-refractivity contribution >= 4 is 27.7 Å². The summed E-state index contributed by atoms with van der Waals surface area (Å²) in [5.41, 5.74) is 1.58. The van der Waals surface area contributed by atoms with E-state index in [9.17, 15) is 22.8 Å². The van der Waals surface area contributed by atoms with Crippen molar-refractivity contribution in [1.29, 1.82) is 0 Å². The Hall–Kier alpha value is -3.08. The van der Waals surface area contributed by atoms with Crippen molar-refractivity contribution in [1.82, 2.24) is 19.4 Å². The molecule has 2 heterocycles. The highest BCUT2D eigenvalue weighted by molar-refractivity contribution is 7.89. The number of fused-ring (bicyclic) bond motifs is 1. The number of likely N-dealkylation sites (N-methyl/N-ethyl adjacent to an activating group) is 1. The number of rotatable bonds is 8. The maximum atomic E-state index is 12.8. The van der Waals surface area contributed by atoms with Crippen LogP contribution in [0.25, 0.3) is 0 Å². The molecule has 0 radical (unpaired) electrons. The van der Waals surface area contributed by atoms with Crippen LogP contribution in [0.2, 0.25) is 0 Å². The summed E-state index contributed by atoms with van der Waals surface area (Å²) in [5.74, 6) is -0.856. The molecule has 1 fully saturated rings. The summed E-state index contributed by atoms with van der Waals surface area (Å²) in [6.07, 6.45) is 0.531. The average Bonchev–Trinajstić information content (AvgIpc) is 3.08. The van der Waals surface area contributed by atoms with E-state index in [-0.39, 0.29) is 42.1 Å². The van der Waals surface area contributed by atoms with Gasteiger partial charge in [0.15, 0.2) is 0 Å². The Balaban J connectivity index is 1.23. The fraction of sp³-hybridized carbons (Fsp3) is 0.375. The molecule has 1 saturated heterocycles. The van der Waals surface area contributed by atoms with Crippen LogP contribution in [0.5, 0.6) is 0 Å². The van der Waals surface area contributed by atoms with Gasteiger partial charge >= 0.3 is 0 Å². The highest BCUT2D eigenvalue weighted by atomic mass is 32.2. The molecule has 1 N–H and O–H groups in total. The summed E-state index contributed by atoms with van der Waals surface area (Å²) in [5, 5.41) is 2.80. The van der Waals surface area contributed by atoms with Crippen molar-refractivity contribution in [2.75, 3.05) is 39.8 Å². The molecule has 0 saturated carbocycles. The molecule has 0 unspecified atom stereocenters. The molecule has 2 aromatic rings. The molecule has 10 heteroatoms. The highest BCUT2D eigenvalue weighted by Crippen LogP contribution is 2.22. The van der Waals surface area contributed by atoms with Gasteiger partial charge in [-0.2, -0.15) is 4.31 Å². The third kappa shape index (κ3) is 5.03. The Bertz CT molecular complexity index is 1150. The van der Waals surface area contributed by atoms with Crippen molar-refractivity contribution in [3.05, 3.63) is 65.2 Å². The van der Waals surface area contributed by atoms with E-state index in [2.05, 4.69) is 10.2 Å². The number of hydrogen-bond donors (Lipinski definition) is 1. The van der Waals surface area contributed by atoms with Crippen LogP contribution < -0.4 is 5.32 Å². The molecule has 3 amide bonds. The summed E-state index contributed by atoms with van der Waals surface area (Å²) in [6, 6.07) is 13.2. The predicted molar refractivity (Wildman–Crippen MR) is 126 cm³/mol. The molecule has 34 heavy (non-hydrogen) atoms. The van der Waals surface area contributed by atoms with Crippen LogP contribution >= 0.6 is 0 Å². The molecular weight excluding hydrogens is 456 g/mol. The van der Waals surface area contributed by atoms with Gasteiger partial charge in [-0.3, -0.25) is 19.3 Å². The lowest BCUT2D eigenvalue weighted by Crippen LogP contribution is -2.47. The number of amides is 3. The zero-order valence-electron chi connectivity index (χ0n) is 19.1. The first-order valence-electron chi connectivity index (χ1n) is 11.3. The first-order valence-corrected chi connectivity index (χ1v) is 12.7. The monoisotopic (exact) mass is 484 g/mol. The van der Waals surface area contributed by atoms with E-state index in [4.69, 9.17) is 0 Å². The number of benzene rings is 2. The van der Waals surface area contributed by atoms with Crippen molar-refractivity contribution in [3.63, 3.8) is 0 Å². The molecule has 2 aliphatic heterocycles. The maximum absolute atomic E-state index is 12.8. The molecule has 180 valence electrons. The van der Waals surface area contributed by atoms with Crippen LogP contribution in [0.4, 0.5) is 0 Å². The van der Waals surface area contributed by atoms with Gasteiger partial charge in [-0.25, -0.2) is 8.42 Å². The van der Waals surface area contributed by atoms with Crippen LogP contribution in [-0.2, 0) is 21.4 Å². The molecule has 0 spiro atoms. The van der Waals surface area contributed by atoms with Crippen LogP contribution in [0, 0.1) is 0 Å². The van der Waals surface area contributed by atoms with E-state index >= 15 is 0 Å². The second-order valence-electron chi connectivity index (χ2n) is 8.54. The largest absolute Gasteiger partial charge is 0.352 e. The summed E-state index contributed by atoms with van der Waals surface area (Å²) in [4.78, 5) is 40.5. The Labute approximate surface area is 199 Å². The normalized spacial score (nSPS) is 17.1. The van der Waals surface area contributed by atoms with Crippen molar-refractivity contribution in [2.45, 2.75) is 24.3 Å². The van der Waals surface area contributed by atoms with E-state index < -0.39 is 10.0 Å². The van der Waals surface area contributed by atoms with Gasteiger partial charge < -0.3 is 10.2 Å². The molecule has 0 aromatic heterocycles. The SMILES string of the molecule is CN1CCN(S(=O)(=O)c2ccc(CNC(=O)CCCN3C(=O)c4ccccc4C3=O)cc2)CC1. The number of imide groups is 1. The molecule has 2 aromatic carbocycles. The van der Waals surface area contributed by atoms with Crippen LogP contribution in [0.15, 0.2) is 53.4 Å². The Kier molecular flexibility index (Phi) is 7.11. The zero-order chi connectivity index (χ0) is 24.3. The molecule has 0 aliphatic carbocycles. The molecule has 0 bridgehead atoms. The van der Waals surface area contributed by atoms with Gasteiger partial charge in [0.05, 0.1) is 16.0 Å². The average molecular weight is 485 g/mol. The molecule has 9 nitrogen and oxygen atoms in total. The number of piperazine rings is 1. The quantitative estimate of drug-likeness (QED) is 0.567. The molecule has 2 aliphatic rings. The van der Waals surface area contributed by atoms with Gasteiger partial charge in [-0.15, -0.1) is 0 Å². The molecule has 4 rings (SSSR count). The number of nitrogens with zero attached hydrogens (tertiary/aromatic N) is 3. The van der Waals surface area contributed by atoms with Crippen molar-refractivity contribution < 1.29 is 22.8 Å². The van der Waals surface area contributed by atoms with Crippen LogP contribution in [0.1, 0.15) is 39.1 Å². The van der Waals surface area contributed by atoms with Gasteiger partial charge in [0.1, 0.15) is 0 Å². The van der Waals surface area contributed by atoms with Gasteiger partial charge in [-0.1, -0.05) is 24.3 Å². The fourth-order valence-corrected chi connectivity index (χ4v) is 5.51. The molecular formula is C24H28N4O5S. The summed E-state index contributed by atoms with van der Waals surface area (Å²) >= 11 is 0. The number of nitrogens with one attached hydrogen (secondary N) is 1. The summed E-state index contributed by atoms with van der Waals surface area (Å²) in [7, 11) is -1.55. The summed E-state index contributed by atoms with van der Waals surface area (Å²) in [6.45, 7) is 2.79. The van der Waals surface area contributed by atoms with E-state index in [1.54, 1.807) is 48.5 Å². The first-order chi connectivity index (χ1) is 16.3. The predicted octanol–water partition coefficient (Wildman–Crippen LogP) is 1.32. The van der Waals surface area contributed by atoms with E-state index in [1.807, 2.05) is 7.05 Å². The highest BCUT2D eigenvalue weighted by Gasteiger charge is 2.34. The zero-order valence-corrected chi connectivity index (χ0v) is 19.9. The van der Waals surface area contributed by atoms with E-state index in [1.165, 1.54) is 9.21 Å². The lowest BCUT2D eigenvalue weighted by molar-refractivity contribution is -0.121. The Morgan fingerprint density at radius 3 is 2.09 bits per heavy atom. The van der Waals surface area contributed by atoms with Crippen molar-refractivity contribution in [3.8, 4) is 0 Å². The first kappa shape index (κ1) is 24.1. The fourth-order valence-electron chi connectivity index (χ4n) is 4.09. The minimum atomic E-state index is -3.52. The van der Waals surface area contributed by atoms with E-state index in [0.29, 0.717) is 43.7 Å². The third-order valence-corrected chi connectivity index (χ3v) is 8.09. The number of hydrogen-bond acceptors (Lipinski definition) is 6.